The van der Waals surface area contributed by atoms with Crippen molar-refractivity contribution in [3.63, 3.8) is 0 Å². The van der Waals surface area contributed by atoms with Crippen LogP contribution in [0.4, 0.5) is 0 Å². The molecule has 2 aliphatic heterocycles. The molecule has 0 saturated carbocycles. The van der Waals surface area contributed by atoms with E-state index in [2.05, 4.69) is 36.2 Å². The zero-order valence-corrected chi connectivity index (χ0v) is 14.4. The molecule has 0 bridgehead atoms. The molecular formula is C18H28N2O3. The van der Waals surface area contributed by atoms with Crippen molar-refractivity contribution < 1.29 is 14.2 Å². The first kappa shape index (κ1) is 16.6. The molecule has 5 nitrogen and oxygen atoms in total. The lowest BCUT2D eigenvalue weighted by atomic mass is 10.1. The fourth-order valence-electron chi connectivity index (χ4n) is 3.37. The predicted molar refractivity (Wildman–Crippen MR) is 90.3 cm³/mol. The van der Waals surface area contributed by atoms with Gasteiger partial charge in [-0.05, 0) is 25.6 Å². The van der Waals surface area contributed by atoms with Crippen LogP contribution in [0, 0.1) is 0 Å². The van der Waals surface area contributed by atoms with E-state index in [4.69, 9.17) is 14.2 Å². The number of nitrogens with one attached hydrogen (secondary N) is 1. The van der Waals surface area contributed by atoms with Crippen LogP contribution >= 0.6 is 0 Å². The van der Waals surface area contributed by atoms with Gasteiger partial charge in [-0.3, -0.25) is 4.90 Å². The summed E-state index contributed by atoms with van der Waals surface area (Å²) >= 11 is 0. The number of hydrogen-bond acceptors (Lipinski definition) is 5. The number of ether oxygens (including phenoxy) is 3. The van der Waals surface area contributed by atoms with E-state index in [0.29, 0.717) is 0 Å². The number of hydrogen-bond donors (Lipinski definition) is 1. The van der Waals surface area contributed by atoms with Gasteiger partial charge >= 0.3 is 0 Å². The van der Waals surface area contributed by atoms with Crippen LogP contribution in [0.25, 0.3) is 0 Å². The first-order chi connectivity index (χ1) is 11.2. The molecule has 23 heavy (non-hydrogen) atoms. The Bertz CT molecular complexity index is 535. The quantitative estimate of drug-likeness (QED) is 0.866. The van der Waals surface area contributed by atoms with Gasteiger partial charge in [-0.15, -0.1) is 0 Å². The standard InChI is InChI=1S/C18H28N2O3/c1-4-20-5-6-22-16(12-20)11-19-10-15-9-18-14(7-13(2)23-18)8-17(15)21-3/h8-9,13,16,19H,4-7,10-12H2,1-3H3/t13-,16+/m0/s1. The minimum Gasteiger partial charge on any atom is -0.496 e. The summed E-state index contributed by atoms with van der Waals surface area (Å²) in [6, 6.07) is 4.23. The van der Waals surface area contributed by atoms with E-state index in [1.54, 1.807) is 7.11 Å². The molecule has 1 saturated heterocycles. The maximum absolute atomic E-state index is 5.86. The Morgan fingerprint density at radius 3 is 3.04 bits per heavy atom. The number of likely N-dealkylation sites (N-methyl/N-ethyl adjacent to an activating group) is 1. The molecule has 2 heterocycles. The van der Waals surface area contributed by atoms with Gasteiger partial charge in [0, 0.05) is 43.7 Å². The highest BCUT2D eigenvalue weighted by Gasteiger charge is 2.22. The van der Waals surface area contributed by atoms with E-state index in [1.807, 2.05) is 0 Å². The third kappa shape index (κ3) is 3.97. The first-order valence-corrected chi connectivity index (χ1v) is 8.60. The van der Waals surface area contributed by atoms with Crippen molar-refractivity contribution in [3.05, 3.63) is 23.3 Å². The minimum atomic E-state index is 0.258. The monoisotopic (exact) mass is 320 g/mol. The van der Waals surface area contributed by atoms with Crippen LogP contribution in [0.2, 0.25) is 0 Å². The molecule has 1 aromatic rings. The molecule has 1 fully saturated rings. The fraction of sp³-hybridized carbons (Fsp3) is 0.667. The zero-order valence-electron chi connectivity index (χ0n) is 14.4. The molecule has 3 rings (SSSR count). The van der Waals surface area contributed by atoms with Gasteiger partial charge in [-0.25, -0.2) is 0 Å². The molecule has 128 valence electrons. The zero-order chi connectivity index (χ0) is 16.2. The third-order valence-corrected chi connectivity index (χ3v) is 4.66. The van der Waals surface area contributed by atoms with Crippen LogP contribution in [-0.4, -0.2) is 57.0 Å². The minimum absolute atomic E-state index is 0.258. The first-order valence-electron chi connectivity index (χ1n) is 8.60. The van der Waals surface area contributed by atoms with E-state index in [-0.39, 0.29) is 12.2 Å². The van der Waals surface area contributed by atoms with Crippen molar-refractivity contribution >= 4 is 0 Å². The van der Waals surface area contributed by atoms with Crippen LogP contribution in [0.5, 0.6) is 11.5 Å². The summed E-state index contributed by atoms with van der Waals surface area (Å²) in [5.41, 5.74) is 2.39. The van der Waals surface area contributed by atoms with Crippen LogP contribution in [0.15, 0.2) is 12.1 Å². The van der Waals surface area contributed by atoms with Gasteiger partial charge in [0.25, 0.3) is 0 Å². The van der Waals surface area contributed by atoms with Gasteiger partial charge in [-0.2, -0.15) is 0 Å². The second kappa shape index (κ2) is 7.51. The van der Waals surface area contributed by atoms with Gasteiger partial charge in [0.1, 0.15) is 17.6 Å². The summed E-state index contributed by atoms with van der Waals surface area (Å²) < 4.78 is 17.2. The van der Waals surface area contributed by atoms with Crippen LogP contribution in [-0.2, 0) is 17.7 Å². The van der Waals surface area contributed by atoms with Crippen LogP contribution < -0.4 is 14.8 Å². The summed E-state index contributed by atoms with van der Waals surface area (Å²) in [5.74, 6) is 1.94. The molecular weight excluding hydrogens is 292 g/mol. The number of benzene rings is 1. The normalized spacial score (nSPS) is 24.3. The lowest BCUT2D eigenvalue weighted by Gasteiger charge is -2.32. The Balaban J connectivity index is 1.57. The molecule has 0 unspecified atom stereocenters. The largest absolute Gasteiger partial charge is 0.496 e. The van der Waals surface area contributed by atoms with Gasteiger partial charge in [0.05, 0.1) is 19.8 Å². The molecule has 0 aliphatic carbocycles. The van der Waals surface area contributed by atoms with E-state index >= 15 is 0 Å². The molecule has 0 spiro atoms. The summed E-state index contributed by atoms with van der Waals surface area (Å²) in [7, 11) is 1.73. The van der Waals surface area contributed by atoms with Crippen molar-refractivity contribution in [1.82, 2.24) is 10.2 Å². The highest BCUT2D eigenvalue weighted by Crippen LogP contribution is 2.34. The summed E-state index contributed by atoms with van der Waals surface area (Å²) in [6.07, 6.45) is 1.48. The predicted octanol–water partition coefficient (Wildman–Crippen LogP) is 1.83. The van der Waals surface area contributed by atoms with Crippen molar-refractivity contribution in [2.75, 3.05) is 39.9 Å². The average Bonchev–Trinajstić information content (AvgIpc) is 2.93. The number of nitrogens with zero attached hydrogens (tertiary/aromatic N) is 1. The molecule has 1 aromatic carbocycles. The highest BCUT2D eigenvalue weighted by molar-refractivity contribution is 5.48. The SMILES string of the molecule is CCN1CCO[C@H](CNCc2cc3c(cc2OC)C[C@H](C)O3)C1. The van der Waals surface area contributed by atoms with Crippen molar-refractivity contribution in [2.45, 2.75) is 39.0 Å². The smallest absolute Gasteiger partial charge is 0.123 e. The Kier molecular flexibility index (Phi) is 5.41. The number of methoxy groups -OCH3 is 1. The van der Waals surface area contributed by atoms with Crippen molar-refractivity contribution in [2.24, 2.45) is 0 Å². The van der Waals surface area contributed by atoms with Gasteiger partial charge in [0.2, 0.25) is 0 Å². The molecule has 0 amide bonds. The van der Waals surface area contributed by atoms with Crippen molar-refractivity contribution in [3.8, 4) is 11.5 Å². The van der Waals surface area contributed by atoms with E-state index < -0.39 is 0 Å². The maximum Gasteiger partial charge on any atom is 0.123 e. The van der Waals surface area contributed by atoms with Crippen LogP contribution in [0.3, 0.4) is 0 Å². The van der Waals surface area contributed by atoms with Crippen LogP contribution in [0.1, 0.15) is 25.0 Å². The lowest BCUT2D eigenvalue weighted by Crippen LogP contribution is -2.46. The summed E-state index contributed by atoms with van der Waals surface area (Å²) in [6.45, 7) is 9.89. The Morgan fingerprint density at radius 2 is 2.26 bits per heavy atom. The van der Waals surface area contributed by atoms with Gasteiger partial charge in [0.15, 0.2) is 0 Å². The summed E-state index contributed by atoms with van der Waals surface area (Å²) in [5, 5.41) is 3.51. The van der Waals surface area contributed by atoms with E-state index in [9.17, 15) is 0 Å². The molecule has 1 N–H and O–H groups in total. The highest BCUT2D eigenvalue weighted by atomic mass is 16.5. The van der Waals surface area contributed by atoms with Gasteiger partial charge < -0.3 is 19.5 Å². The van der Waals surface area contributed by atoms with Gasteiger partial charge in [-0.1, -0.05) is 6.92 Å². The number of fused-ring (bicyclic) bond motifs is 1. The fourth-order valence-corrected chi connectivity index (χ4v) is 3.37. The molecule has 0 aromatic heterocycles. The maximum atomic E-state index is 5.86. The Hall–Kier alpha value is -1.30. The third-order valence-electron chi connectivity index (χ3n) is 4.66. The second-order valence-corrected chi connectivity index (χ2v) is 6.42. The molecule has 2 atom stereocenters. The lowest BCUT2D eigenvalue weighted by molar-refractivity contribution is -0.0253. The van der Waals surface area contributed by atoms with Crippen molar-refractivity contribution in [1.29, 1.82) is 0 Å². The van der Waals surface area contributed by atoms with E-state index in [1.165, 1.54) is 5.56 Å². The number of rotatable bonds is 6. The molecule has 5 heteroatoms. The Morgan fingerprint density at radius 1 is 1.39 bits per heavy atom. The molecule has 0 radical (unpaired) electrons. The van der Waals surface area contributed by atoms with E-state index in [0.717, 1.165) is 62.8 Å². The number of morpholine rings is 1. The second-order valence-electron chi connectivity index (χ2n) is 6.42. The summed E-state index contributed by atoms with van der Waals surface area (Å²) in [4.78, 5) is 2.43. The average molecular weight is 320 g/mol. The topological polar surface area (TPSA) is 43.0 Å². The Labute approximate surface area is 138 Å². The molecule has 2 aliphatic rings.